The summed E-state index contributed by atoms with van der Waals surface area (Å²) in [5, 5.41) is 2.52. The Morgan fingerprint density at radius 2 is 1.95 bits per heavy atom. The van der Waals surface area contributed by atoms with E-state index in [1.165, 1.54) is 51.0 Å². The lowest BCUT2D eigenvalue weighted by Crippen LogP contribution is -3.14. The van der Waals surface area contributed by atoms with Crippen LogP contribution in [0, 0.1) is 0 Å². The van der Waals surface area contributed by atoms with Gasteiger partial charge in [-0.05, 0) is 18.9 Å². The number of ether oxygens (including phenoxy) is 1. The number of rotatable bonds is 8. The maximum atomic E-state index is 5.39. The van der Waals surface area contributed by atoms with Gasteiger partial charge in [0.25, 0.3) is 0 Å². The normalized spacial score (nSPS) is 18.1. The largest absolute Gasteiger partial charge is 0.370 e. The average molecular weight is 278 g/mol. The third-order valence-electron chi connectivity index (χ3n) is 4.23. The number of hydrogen-bond acceptors (Lipinski definition) is 1. The summed E-state index contributed by atoms with van der Waals surface area (Å²) in [6.45, 7) is 9.22. The molecule has 0 aliphatic carbocycles. The van der Waals surface area contributed by atoms with Crippen LogP contribution < -0.4 is 10.2 Å². The van der Waals surface area contributed by atoms with Crippen molar-refractivity contribution >= 4 is 0 Å². The van der Waals surface area contributed by atoms with E-state index in [0.717, 1.165) is 19.3 Å². The van der Waals surface area contributed by atoms with Gasteiger partial charge in [0.15, 0.2) is 0 Å². The third kappa shape index (κ3) is 6.04. The molecule has 2 rings (SSSR count). The van der Waals surface area contributed by atoms with Gasteiger partial charge in [0, 0.05) is 12.8 Å². The standard InChI is InChI=1S/C17H28N2O/c1-16(8-9-17-6-3-2-4-7-17)18-10-5-11-19-12-14-20-15-13-19/h2-4,6-7,16,18H,5,8-15H2,1H3/p+2/t16-/m1/s1. The fraction of sp³-hybridized carbons (Fsp3) is 0.647. The molecule has 3 N–H and O–H groups in total. The molecule has 3 heteroatoms. The van der Waals surface area contributed by atoms with E-state index in [-0.39, 0.29) is 0 Å². The highest BCUT2D eigenvalue weighted by molar-refractivity contribution is 5.14. The van der Waals surface area contributed by atoms with E-state index in [9.17, 15) is 0 Å². The molecule has 0 unspecified atom stereocenters. The van der Waals surface area contributed by atoms with E-state index >= 15 is 0 Å². The number of nitrogens with one attached hydrogen (secondary N) is 1. The predicted octanol–water partition coefficient (Wildman–Crippen LogP) is -0.124. The van der Waals surface area contributed by atoms with Gasteiger partial charge in [-0.3, -0.25) is 0 Å². The SMILES string of the molecule is C[C@H](CCc1ccccc1)[NH2+]CCC[NH+]1CCOCC1. The number of hydrogen-bond donors (Lipinski definition) is 2. The number of nitrogens with two attached hydrogens (primary N) is 1. The maximum absolute atomic E-state index is 5.39. The van der Waals surface area contributed by atoms with Crippen molar-refractivity contribution in [3.05, 3.63) is 35.9 Å². The van der Waals surface area contributed by atoms with E-state index in [0.29, 0.717) is 0 Å². The van der Waals surface area contributed by atoms with Gasteiger partial charge in [0.2, 0.25) is 0 Å². The van der Waals surface area contributed by atoms with Crippen LogP contribution in [0.25, 0.3) is 0 Å². The molecule has 1 aromatic rings. The summed E-state index contributed by atoms with van der Waals surface area (Å²) in [6, 6.07) is 11.6. The number of aryl methyl sites for hydroxylation is 1. The van der Waals surface area contributed by atoms with Crippen molar-refractivity contribution < 1.29 is 15.0 Å². The van der Waals surface area contributed by atoms with Gasteiger partial charge >= 0.3 is 0 Å². The summed E-state index contributed by atoms with van der Waals surface area (Å²) < 4.78 is 5.39. The molecule has 1 fully saturated rings. The lowest BCUT2D eigenvalue weighted by molar-refractivity contribution is -0.909. The molecule has 1 heterocycles. The van der Waals surface area contributed by atoms with Gasteiger partial charge in [0.05, 0.1) is 32.3 Å². The number of morpholine rings is 1. The van der Waals surface area contributed by atoms with Gasteiger partial charge in [-0.25, -0.2) is 0 Å². The van der Waals surface area contributed by atoms with Crippen LogP contribution in [0.4, 0.5) is 0 Å². The Morgan fingerprint density at radius 1 is 1.20 bits per heavy atom. The zero-order valence-electron chi connectivity index (χ0n) is 12.8. The molecule has 3 nitrogen and oxygen atoms in total. The van der Waals surface area contributed by atoms with Crippen molar-refractivity contribution in [3.63, 3.8) is 0 Å². The van der Waals surface area contributed by atoms with Gasteiger partial charge in [0.1, 0.15) is 13.1 Å². The minimum absolute atomic E-state index is 0.731. The Bertz CT molecular complexity index is 349. The lowest BCUT2D eigenvalue weighted by Gasteiger charge is -2.23. The first-order valence-electron chi connectivity index (χ1n) is 8.13. The molecule has 0 radical (unpaired) electrons. The second kappa shape index (κ2) is 9.11. The van der Waals surface area contributed by atoms with Crippen LogP contribution in [-0.2, 0) is 11.2 Å². The van der Waals surface area contributed by atoms with Gasteiger partial charge < -0.3 is 15.0 Å². The molecule has 0 amide bonds. The zero-order chi connectivity index (χ0) is 14.0. The second-order valence-corrected chi connectivity index (χ2v) is 5.99. The summed E-state index contributed by atoms with van der Waals surface area (Å²) >= 11 is 0. The number of quaternary nitrogens is 2. The highest BCUT2D eigenvalue weighted by Gasteiger charge is 2.13. The van der Waals surface area contributed by atoms with Crippen LogP contribution in [-0.4, -0.2) is 45.4 Å². The van der Waals surface area contributed by atoms with Gasteiger partial charge in [-0.1, -0.05) is 30.3 Å². The summed E-state index contributed by atoms with van der Waals surface area (Å²) in [5.41, 5.74) is 1.46. The maximum Gasteiger partial charge on any atom is 0.101 e. The second-order valence-electron chi connectivity index (χ2n) is 5.99. The van der Waals surface area contributed by atoms with Crippen molar-refractivity contribution in [2.45, 2.75) is 32.2 Å². The molecule has 0 saturated carbocycles. The van der Waals surface area contributed by atoms with E-state index in [4.69, 9.17) is 4.74 Å². The lowest BCUT2D eigenvalue weighted by atomic mass is 10.1. The topological polar surface area (TPSA) is 30.3 Å². The Kier molecular flexibility index (Phi) is 7.06. The summed E-state index contributed by atoms with van der Waals surface area (Å²) in [7, 11) is 0. The quantitative estimate of drug-likeness (QED) is 0.638. The average Bonchev–Trinajstić information content (AvgIpc) is 2.52. The molecule has 1 aliphatic heterocycles. The van der Waals surface area contributed by atoms with E-state index in [1.807, 2.05) is 0 Å². The van der Waals surface area contributed by atoms with Crippen LogP contribution in [0.15, 0.2) is 30.3 Å². The highest BCUT2D eigenvalue weighted by Crippen LogP contribution is 2.02. The van der Waals surface area contributed by atoms with E-state index in [2.05, 4.69) is 42.6 Å². The predicted molar refractivity (Wildman–Crippen MR) is 82.0 cm³/mol. The fourth-order valence-electron chi connectivity index (χ4n) is 2.82. The molecule has 1 aliphatic rings. The molecular weight excluding hydrogens is 248 g/mol. The van der Waals surface area contributed by atoms with Crippen LogP contribution in [0.3, 0.4) is 0 Å². The first kappa shape index (κ1) is 15.5. The van der Waals surface area contributed by atoms with Crippen LogP contribution in [0.2, 0.25) is 0 Å². The Hall–Kier alpha value is -0.900. The Balaban J connectivity index is 1.50. The van der Waals surface area contributed by atoms with Gasteiger partial charge in [-0.2, -0.15) is 0 Å². The van der Waals surface area contributed by atoms with E-state index in [1.54, 1.807) is 4.90 Å². The summed E-state index contributed by atoms with van der Waals surface area (Å²) in [5.74, 6) is 0. The third-order valence-corrected chi connectivity index (χ3v) is 4.23. The molecule has 0 aromatic heterocycles. The summed E-state index contributed by atoms with van der Waals surface area (Å²) in [6.07, 6.45) is 3.80. The first-order chi connectivity index (χ1) is 9.84. The smallest absolute Gasteiger partial charge is 0.101 e. The van der Waals surface area contributed by atoms with Crippen molar-refractivity contribution in [3.8, 4) is 0 Å². The molecule has 1 atom stereocenters. The summed E-state index contributed by atoms with van der Waals surface area (Å²) in [4.78, 5) is 1.72. The van der Waals surface area contributed by atoms with Crippen molar-refractivity contribution in [1.29, 1.82) is 0 Å². The molecule has 0 bridgehead atoms. The van der Waals surface area contributed by atoms with Crippen LogP contribution in [0.5, 0.6) is 0 Å². The zero-order valence-corrected chi connectivity index (χ0v) is 12.8. The molecular formula is C17H30N2O+2. The van der Waals surface area contributed by atoms with Crippen molar-refractivity contribution in [2.75, 3.05) is 39.4 Å². The Labute approximate surface area is 123 Å². The molecule has 20 heavy (non-hydrogen) atoms. The minimum atomic E-state index is 0.731. The van der Waals surface area contributed by atoms with Crippen molar-refractivity contribution in [1.82, 2.24) is 0 Å². The first-order valence-corrected chi connectivity index (χ1v) is 8.13. The van der Waals surface area contributed by atoms with Gasteiger partial charge in [-0.15, -0.1) is 0 Å². The van der Waals surface area contributed by atoms with Crippen molar-refractivity contribution in [2.24, 2.45) is 0 Å². The monoisotopic (exact) mass is 278 g/mol. The minimum Gasteiger partial charge on any atom is -0.370 e. The molecule has 0 spiro atoms. The molecule has 1 aromatic carbocycles. The molecule has 1 saturated heterocycles. The number of benzene rings is 1. The Morgan fingerprint density at radius 3 is 2.70 bits per heavy atom. The highest BCUT2D eigenvalue weighted by atomic mass is 16.5. The fourth-order valence-corrected chi connectivity index (χ4v) is 2.82. The molecule has 112 valence electrons. The van der Waals surface area contributed by atoms with Crippen LogP contribution in [0.1, 0.15) is 25.3 Å². The van der Waals surface area contributed by atoms with Crippen LogP contribution >= 0.6 is 0 Å². The van der Waals surface area contributed by atoms with E-state index < -0.39 is 0 Å².